The van der Waals surface area contributed by atoms with Crippen molar-refractivity contribution in [1.29, 1.82) is 0 Å². The van der Waals surface area contributed by atoms with Gasteiger partial charge in [-0.2, -0.15) is 4.31 Å². The van der Waals surface area contributed by atoms with Crippen LogP contribution in [0.4, 0.5) is 0 Å². The maximum absolute atomic E-state index is 11.9. The van der Waals surface area contributed by atoms with Crippen LogP contribution in [0.25, 0.3) is 0 Å². The van der Waals surface area contributed by atoms with Gasteiger partial charge in [0.2, 0.25) is 10.0 Å². The second kappa shape index (κ2) is 3.47. The number of hydrogen-bond acceptors (Lipinski definition) is 3. The third-order valence-electron chi connectivity index (χ3n) is 3.29. The molecule has 1 N–H and O–H groups in total. The fraction of sp³-hybridized carbons (Fsp3) is 1.00. The Morgan fingerprint density at radius 3 is 2.50 bits per heavy atom. The largest absolute Gasteiger partial charge is 0.395 e. The lowest BCUT2D eigenvalue weighted by Gasteiger charge is -2.24. The van der Waals surface area contributed by atoms with Gasteiger partial charge < -0.3 is 5.11 Å². The first-order chi connectivity index (χ1) is 6.57. The molecule has 82 valence electrons. The van der Waals surface area contributed by atoms with Gasteiger partial charge in [0, 0.05) is 6.54 Å². The summed E-state index contributed by atoms with van der Waals surface area (Å²) in [6.45, 7) is 2.54. The van der Waals surface area contributed by atoms with Crippen molar-refractivity contribution in [3.8, 4) is 0 Å². The second-order valence-electron chi connectivity index (χ2n) is 4.37. The van der Waals surface area contributed by atoms with E-state index in [2.05, 4.69) is 0 Å². The van der Waals surface area contributed by atoms with Crippen molar-refractivity contribution in [2.45, 2.75) is 37.5 Å². The zero-order valence-electron chi connectivity index (χ0n) is 8.39. The van der Waals surface area contributed by atoms with Crippen molar-refractivity contribution in [3.63, 3.8) is 0 Å². The second-order valence-corrected chi connectivity index (χ2v) is 6.54. The predicted octanol–water partition coefficient (Wildman–Crippen LogP) is 0.181. The van der Waals surface area contributed by atoms with Crippen LogP contribution in [0.2, 0.25) is 0 Å². The molecule has 1 aliphatic heterocycles. The van der Waals surface area contributed by atoms with Gasteiger partial charge in [0.05, 0.1) is 17.9 Å². The summed E-state index contributed by atoms with van der Waals surface area (Å²) in [6.07, 6.45) is 2.47. The molecule has 2 aliphatic rings. The van der Waals surface area contributed by atoms with E-state index in [4.69, 9.17) is 5.11 Å². The molecule has 1 aliphatic carbocycles. The van der Waals surface area contributed by atoms with Crippen molar-refractivity contribution >= 4 is 10.0 Å². The standard InChI is InChI=1S/C9H17NO3S/c1-7-4-5-10(9(7)6-11)14(12,13)8-2-3-8/h7-9,11H,2-6H2,1H3. The van der Waals surface area contributed by atoms with Gasteiger partial charge in [0.15, 0.2) is 0 Å². The Kier molecular flexibility index (Phi) is 2.57. The molecule has 2 fully saturated rings. The lowest BCUT2D eigenvalue weighted by molar-refractivity contribution is 0.191. The molecule has 1 saturated heterocycles. The first-order valence-electron chi connectivity index (χ1n) is 5.19. The zero-order valence-corrected chi connectivity index (χ0v) is 9.20. The molecular weight excluding hydrogens is 202 g/mol. The van der Waals surface area contributed by atoms with Gasteiger partial charge in [-0.3, -0.25) is 0 Å². The monoisotopic (exact) mass is 219 g/mol. The van der Waals surface area contributed by atoms with Crippen LogP contribution in [-0.2, 0) is 10.0 Å². The Balaban J connectivity index is 2.17. The van der Waals surface area contributed by atoms with Gasteiger partial charge >= 0.3 is 0 Å². The Hall–Kier alpha value is -0.130. The van der Waals surface area contributed by atoms with E-state index in [1.54, 1.807) is 0 Å². The molecule has 0 bridgehead atoms. The van der Waals surface area contributed by atoms with E-state index in [-0.39, 0.29) is 23.8 Å². The van der Waals surface area contributed by atoms with Crippen molar-refractivity contribution in [3.05, 3.63) is 0 Å². The molecular formula is C9H17NO3S. The fourth-order valence-electron chi connectivity index (χ4n) is 2.12. The normalized spacial score (nSPS) is 35.0. The highest BCUT2D eigenvalue weighted by Gasteiger charge is 2.46. The summed E-state index contributed by atoms with van der Waals surface area (Å²) in [6, 6.07) is -0.180. The number of sulfonamides is 1. The van der Waals surface area contributed by atoms with E-state index >= 15 is 0 Å². The van der Waals surface area contributed by atoms with E-state index in [0.29, 0.717) is 6.54 Å². The molecule has 2 atom stereocenters. The minimum absolute atomic E-state index is 0.0485. The van der Waals surface area contributed by atoms with E-state index < -0.39 is 10.0 Å². The maximum atomic E-state index is 11.9. The van der Waals surface area contributed by atoms with Gasteiger partial charge in [0.25, 0.3) is 0 Å². The highest BCUT2D eigenvalue weighted by Crippen LogP contribution is 2.36. The molecule has 2 unspecified atom stereocenters. The van der Waals surface area contributed by atoms with E-state index in [9.17, 15) is 8.42 Å². The number of hydrogen-bond donors (Lipinski definition) is 1. The summed E-state index contributed by atoms with van der Waals surface area (Å²) in [4.78, 5) is 0. The maximum Gasteiger partial charge on any atom is 0.217 e. The van der Waals surface area contributed by atoms with Crippen LogP contribution in [0.1, 0.15) is 26.2 Å². The van der Waals surface area contributed by atoms with E-state index in [1.807, 2.05) is 6.92 Å². The Morgan fingerprint density at radius 2 is 2.00 bits per heavy atom. The highest BCUT2D eigenvalue weighted by molar-refractivity contribution is 7.90. The van der Waals surface area contributed by atoms with Crippen molar-refractivity contribution < 1.29 is 13.5 Å². The van der Waals surface area contributed by atoms with Crippen LogP contribution in [0.15, 0.2) is 0 Å². The zero-order chi connectivity index (χ0) is 10.3. The van der Waals surface area contributed by atoms with E-state index in [1.165, 1.54) is 4.31 Å². The molecule has 1 saturated carbocycles. The van der Waals surface area contributed by atoms with Gasteiger partial charge in [-0.05, 0) is 25.2 Å². The summed E-state index contributed by atoms with van der Waals surface area (Å²) in [5.74, 6) is 0.286. The van der Waals surface area contributed by atoms with Crippen molar-refractivity contribution in [2.24, 2.45) is 5.92 Å². The summed E-state index contributed by atoms with van der Waals surface area (Å²) in [7, 11) is -3.09. The third kappa shape index (κ3) is 1.57. The first-order valence-corrected chi connectivity index (χ1v) is 6.69. The summed E-state index contributed by atoms with van der Waals surface area (Å²) in [5, 5.41) is 9.02. The van der Waals surface area contributed by atoms with Crippen molar-refractivity contribution in [1.82, 2.24) is 4.31 Å². The Morgan fingerprint density at radius 1 is 1.36 bits per heavy atom. The third-order valence-corrected chi connectivity index (χ3v) is 5.71. The lowest BCUT2D eigenvalue weighted by atomic mass is 10.0. The van der Waals surface area contributed by atoms with Crippen LogP contribution in [-0.4, -0.2) is 42.3 Å². The van der Waals surface area contributed by atoms with Crippen LogP contribution >= 0.6 is 0 Å². The summed E-state index contributed by atoms with van der Waals surface area (Å²) < 4.78 is 25.4. The smallest absolute Gasteiger partial charge is 0.217 e. The lowest BCUT2D eigenvalue weighted by Crippen LogP contribution is -2.41. The molecule has 5 heteroatoms. The summed E-state index contributed by atoms with van der Waals surface area (Å²) >= 11 is 0. The molecule has 2 rings (SSSR count). The molecule has 0 amide bonds. The average molecular weight is 219 g/mol. The molecule has 0 radical (unpaired) electrons. The molecule has 14 heavy (non-hydrogen) atoms. The van der Waals surface area contributed by atoms with Crippen LogP contribution in [0.5, 0.6) is 0 Å². The van der Waals surface area contributed by atoms with Crippen LogP contribution < -0.4 is 0 Å². The number of aliphatic hydroxyl groups excluding tert-OH is 1. The quantitative estimate of drug-likeness (QED) is 0.736. The Labute approximate surface area is 85.0 Å². The van der Waals surface area contributed by atoms with E-state index in [0.717, 1.165) is 19.3 Å². The fourth-order valence-corrected chi connectivity index (χ4v) is 4.24. The number of nitrogens with zero attached hydrogens (tertiary/aromatic N) is 1. The van der Waals surface area contributed by atoms with Gasteiger partial charge in [-0.15, -0.1) is 0 Å². The SMILES string of the molecule is CC1CCN(S(=O)(=O)C2CC2)C1CO. The molecule has 0 aromatic rings. The molecule has 1 heterocycles. The van der Waals surface area contributed by atoms with Gasteiger partial charge in [-0.1, -0.05) is 6.92 Å². The summed E-state index contributed by atoms with van der Waals surface area (Å²) in [5.41, 5.74) is 0. The minimum atomic E-state index is -3.09. The number of aliphatic hydroxyl groups is 1. The van der Waals surface area contributed by atoms with Gasteiger partial charge in [-0.25, -0.2) is 8.42 Å². The van der Waals surface area contributed by atoms with Crippen LogP contribution in [0.3, 0.4) is 0 Å². The van der Waals surface area contributed by atoms with Crippen LogP contribution in [0, 0.1) is 5.92 Å². The topological polar surface area (TPSA) is 57.6 Å². The van der Waals surface area contributed by atoms with Crippen molar-refractivity contribution in [2.75, 3.05) is 13.2 Å². The molecule has 4 nitrogen and oxygen atoms in total. The molecule has 0 spiro atoms. The predicted molar refractivity (Wildman–Crippen MR) is 53.3 cm³/mol. The molecule has 0 aromatic carbocycles. The average Bonchev–Trinajstić information content (AvgIpc) is 2.90. The Bertz CT molecular complexity index is 310. The first kappa shape index (κ1) is 10.4. The number of rotatable bonds is 3. The van der Waals surface area contributed by atoms with Gasteiger partial charge in [0.1, 0.15) is 0 Å². The minimum Gasteiger partial charge on any atom is -0.395 e. The molecule has 0 aromatic heterocycles. The highest BCUT2D eigenvalue weighted by atomic mass is 32.2.